The van der Waals surface area contributed by atoms with Crippen molar-refractivity contribution in [1.29, 1.82) is 0 Å². The van der Waals surface area contributed by atoms with E-state index in [0.29, 0.717) is 5.56 Å². The molecule has 0 fully saturated rings. The van der Waals surface area contributed by atoms with Crippen molar-refractivity contribution < 1.29 is 9.53 Å². The van der Waals surface area contributed by atoms with Crippen molar-refractivity contribution in [2.75, 3.05) is 0 Å². The van der Waals surface area contributed by atoms with Crippen molar-refractivity contribution >= 4 is 5.78 Å². The Labute approximate surface area is 114 Å². The van der Waals surface area contributed by atoms with Crippen LogP contribution < -0.4 is 0 Å². The van der Waals surface area contributed by atoms with E-state index in [1.54, 1.807) is 0 Å². The Kier molecular flexibility index (Phi) is 4.48. The Morgan fingerprint density at radius 3 is 1.95 bits per heavy atom. The number of carbonyl (C=O) groups excluding carboxylic acids is 1. The highest BCUT2D eigenvalue weighted by Crippen LogP contribution is 2.23. The lowest BCUT2D eigenvalue weighted by molar-refractivity contribution is 0.0114. The largest absolute Gasteiger partial charge is 0.363 e. The Morgan fingerprint density at radius 2 is 1.42 bits per heavy atom. The van der Waals surface area contributed by atoms with Crippen molar-refractivity contribution in [2.45, 2.75) is 26.1 Å². The smallest absolute Gasteiger partial charge is 0.196 e. The normalized spacial score (nSPS) is 12.4. The SMILES string of the molecule is CC(C)OC(C(=O)c1ccccc1)c1ccccc1. The average Bonchev–Trinajstić information content (AvgIpc) is 2.46. The van der Waals surface area contributed by atoms with Gasteiger partial charge in [0.15, 0.2) is 5.78 Å². The molecule has 2 nitrogen and oxygen atoms in total. The van der Waals surface area contributed by atoms with Crippen LogP contribution in [0.15, 0.2) is 60.7 Å². The zero-order chi connectivity index (χ0) is 13.7. The fourth-order valence-electron chi connectivity index (χ4n) is 1.95. The van der Waals surface area contributed by atoms with E-state index in [0.717, 1.165) is 5.56 Å². The van der Waals surface area contributed by atoms with Crippen molar-refractivity contribution in [1.82, 2.24) is 0 Å². The van der Waals surface area contributed by atoms with E-state index in [4.69, 9.17) is 4.74 Å². The number of ketones is 1. The van der Waals surface area contributed by atoms with Crippen molar-refractivity contribution in [2.24, 2.45) is 0 Å². The van der Waals surface area contributed by atoms with Gasteiger partial charge in [0.1, 0.15) is 6.10 Å². The second kappa shape index (κ2) is 6.30. The van der Waals surface area contributed by atoms with Gasteiger partial charge < -0.3 is 4.74 Å². The summed E-state index contributed by atoms with van der Waals surface area (Å²) in [4.78, 5) is 12.6. The van der Waals surface area contributed by atoms with E-state index >= 15 is 0 Å². The van der Waals surface area contributed by atoms with Crippen LogP contribution >= 0.6 is 0 Å². The van der Waals surface area contributed by atoms with Gasteiger partial charge in [-0.05, 0) is 19.4 Å². The Hall–Kier alpha value is -1.93. The van der Waals surface area contributed by atoms with Gasteiger partial charge in [0.2, 0.25) is 0 Å². The van der Waals surface area contributed by atoms with Crippen LogP contribution in [0, 0.1) is 0 Å². The summed E-state index contributed by atoms with van der Waals surface area (Å²) in [5, 5.41) is 0. The molecule has 0 aromatic heterocycles. The maximum Gasteiger partial charge on any atom is 0.196 e. The van der Waals surface area contributed by atoms with Crippen molar-refractivity contribution in [3.05, 3.63) is 71.8 Å². The Morgan fingerprint density at radius 1 is 0.895 bits per heavy atom. The number of Topliss-reactive ketones (excluding diaryl/α,β-unsaturated/α-hetero) is 1. The lowest BCUT2D eigenvalue weighted by Crippen LogP contribution is -2.19. The zero-order valence-corrected chi connectivity index (χ0v) is 11.2. The highest BCUT2D eigenvalue weighted by molar-refractivity contribution is 6.00. The summed E-state index contributed by atoms with van der Waals surface area (Å²) >= 11 is 0. The summed E-state index contributed by atoms with van der Waals surface area (Å²) in [5.41, 5.74) is 1.57. The quantitative estimate of drug-likeness (QED) is 0.753. The van der Waals surface area contributed by atoms with Crippen LogP contribution in [0.4, 0.5) is 0 Å². The molecular weight excluding hydrogens is 236 g/mol. The number of carbonyl (C=O) groups is 1. The second-order valence-electron chi connectivity index (χ2n) is 4.71. The molecule has 2 rings (SSSR count). The standard InChI is InChI=1S/C17H18O2/c1-13(2)19-17(15-11-7-4-8-12-15)16(18)14-9-5-3-6-10-14/h3-13,17H,1-2H3. The predicted molar refractivity (Wildman–Crippen MR) is 76.2 cm³/mol. The molecule has 98 valence electrons. The first kappa shape index (κ1) is 13.5. The molecule has 0 heterocycles. The van der Waals surface area contributed by atoms with Crippen LogP contribution in [0.5, 0.6) is 0 Å². The van der Waals surface area contributed by atoms with Crippen LogP contribution in [0.2, 0.25) is 0 Å². The number of hydrogen-bond donors (Lipinski definition) is 0. The van der Waals surface area contributed by atoms with Gasteiger partial charge in [-0.3, -0.25) is 4.79 Å². The summed E-state index contributed by atoms with van der Waals surface area (Å²) in [6.45, 7) is 3.88. The van der Waals surface area contributed by atoms with E-state index in [9.17, 15) is 4.79 Å². The third kappa shape index (κ3) is 3.52. The molecule has 0 aliphatic rings. The van der Waals surface area contributed by atoms with Crippen molar-refractivity contribution in [3.63, 3.8) is 0 Å². The monoisotopic (exact) mass is 254 g/mol. The molecule has 0 aliphatic heterocycles. The van der Waals surface area contributed by atoms with Gasteiger partial charge >= 0.3 is 0 Å². The lowest BCUT2D eigenvalue weighted by atomic mass is 9.99. The molecule has 1 unspecified atom stereocenters. The van der Waals surface area contributed by atoms with Gasteiger partial charge in [-0.2, -0.15) is 0 Å². The topological polar surface area (TPSA) is 26.3 Å². The maximum absolute atomic E-state index is 12.6. The molecule has 2 aromatic carbocycles. The fourth-order valence-corrected chi connectivity index (χ4v) is 1.95. The van der Waals surface area contributed by atoms with E-state index in [1.165, 1.54) is 0 Å². The summed E-state index contributed by atoms with van der Waals surface area (Å²) in [5.74, 6) is 0.000463. The highest BCUT2D eigenvalue weighted by atomic mass is 16.5. The molecule has 0 saturated carbocycles. The molecule has 0 amide bonds. The molecule has 2 aromatic rings. The first-order valence-corrected chi connectivity index (χ1v) is 6.48. The Bertz CT molecular complexity index is 517. The zero-order valence-electron chi connectivity index (χ0n) is 11.2. The third-order valence-electron chi connectivity index (χ3n) is 2.81. The third-order valence-corrected chi connectivity index (χ3v) is 2.81. The minimum absolute atomic E-state index is 0.000463. The fraction of sp³-hybridized carbons (Fsp3) is 0.235. The van der Waals surface area contributed by atoms with Gasteiger partial charge in [0, 0.05) is 5.56 Å². The van der Waals surface area contributed by atoms with Crippen LogP contribution in [0.3, 0.4) is 0 Å². The van der Waals surface area contributed by atoms with Crippen LogP contribution in [-0.2, 0) is 4.74 Å². The summed E-state index contributed by atoms with van der Waals surface area (Å²) < 4.78 is 5.80. The van der Waals surface area contributed by atoms with Gasteiger partial charge in [-0.1, -0.05) is 60.7 Å². The number of ether oxygens (including phenoxy) is 1. The van der Waals surface area contributed by atoms with Gasteiger partial charge in [0.05, 0.1) is 6.10 Å². The summed E-state index contributed by atoms with van der Waals surface area (Å²) in [6.07, 6.45) is -0.540. The minimum Gasteiger partial charge on any atom is -0.363 e. The molecule has 0 N–H and O–H groups in total. The first-order chi connectivity index (χ1) is 9.18. The van der Waals surface area contributed by atoms with E-state index in [1.807, 2.05) is 74.5 Å². The molecule has 0 spiro atoms. The molecule has 1 atom stereocenters. The predicted octanol–water partition coefficient (Wildman–Crippen LogP) is 4.04. The summed E-state index contributed by atoms with van der Waals surface area (Å²) in [6, 6.07) is 18.9. The molecular formula is C17H18O2. The number of benzene rings is 2. The van der Waals surface area contributed by atoms with Crippen LogP contribution in [0.1, 0.15) is 35.9 Å². The lowest BCUT2D eigenvalue weighted by Gasteiger charge is -2.19. The van der Waals surface area contributed by atoms with Gasteiger partial charge in [-0.25, -0.2) is 0 Å². The minimum atomic E-state index is -0.538. The molecule has 2 heteroatoms. The number of rotatable bonds is 5. The van der Waals surface area contributed by atoms with E-state index in [2.05, 4.69) is 0 Å². The second-order valence-corrected chi connectivity index (χ2v) is 4.71. The first-order valence-electron chi connectivity index (χ1n) is 6.48. The average molecular weight is 254 g/mol. The van der Waals surface area contributed by atoms with E-state index in [-0.39, 0.29) is 11.9 Å². The molecule has 0 saturated heterocycles. The van der Waals surface area contributed by atoms with Gasteiger partial charge in [0.25, 0.3) is 0 Å². The molecule has 0 aliphatic carbocycles. The molecule has 0 radical (unpaired) electrons. The maximum atomic E-state index is 12.6. The van der Waals surface area contributed by atoms with Gasteiger partial charge in [-0.15, -0.1) is 0 Å². The molecule has 19 heavy (non-hydrogen) atoms. The highest BCUT2D eigenvalue weighted by Gasteiger charge is 2.23. The summed E-state index contributed by atoms with van der Waals surface area (Å²) in [7, 11) is 0. The van der Waals surface area contributed by atoms with Crippen LogP contribution in [-0.4, -0.2) is 11.9 Å². The number of hydrogen-bond acceptors (Lipinski definition) is 2. The molecule has 0 bridgehead atoms. The Balaban J connectivity index is 2.31. The van der Waals surface area contributed by atoms with Crippen molar-refractivity contribution in [3.8, 4) is 0 Å². The van der Waals surface area contributed by atoms with E-state index < -0.39 is 6.10 Å². The van der Waals surface area contributed by atoms with Crippen LogP contribution in [0.25, 0.3) is 0 Å².